The van der Waals surface area contributed by atoms with E-state index in [1.807, 2.05) is 38.3 Å². The monoisotopic (exact) mass is 292 g/mol. The number of pyridine rings is 1. The van der Waals surface area contributed by atoms with Gasteiger partial charge in [0.2, 0.25) is 5.91 Å². The fraction of sp³-hybridized carbons (Fsp3) is 0.500. The average molecular weight is 292 g/mol. The Morgan fingerprint density at radius 3 is 2.85 bits per heavy atom. The number of fused-ring (bicyclic) bond motifs is 1. The van der Waals surface area contributed by atoms with Crippen LogP contribution >= 0.6 is 12.2 Å². The summed E-state index contributed by atoms with van der Waals surface area (Å²) in [5.41, 5.74) is 2.62. The van der Waals surface area contributed by atoms with Crippen LogP contribution in [0, 0.1) is 11.7 Å². The van der Waals surface area contributed by atoms with Gasteiger partial charge in [-0.2, -0.15) is 0 Å². The molecule has 0 radical (unpaired) electrons. The zero-order valence-corrected chi connectivity index (χ0v) is 13.1. The van der Waals surface area contributed by atoms with Crippen molar-refractivity contribution < 1.29 is 4.79 Å². The van der Waals surface area contributed by atoms with Crippen LogP contribution in [0.3, 0.4) is 0 Å². The summed E-state index contributed by atoms with van der Waals surface area (Å²) in [6, 6.07) is 1.93. The standard InChI is InChI=1S/C14H20N4OS/c1-9-5-7-15-12-11(9)16-13(20)18(12)8-6-10(19)17-14(2,3)4/h5,7H,6,8H2,1-4H3,(H,16,20)(H,17,19). The summed E-state index contributed by atoms with van der Waals surface area (Å²) >= 11 is 5.31. The average Bonchev–Trinajstić information content (AvgIpc) is 2.62. The van der Waals surface area contributed by atoms with Crippen molar-refractivity contribution in [3.63, 3.8) is 0 Å². The van der Waals surface area contributed by atoms with Crippen molar-refractivity contribution in [1.29, 1.82) is 0 Å². The van der Waals surface area contributed by atoms with E-state index in [0.29, 0.717) is 17.7 Å². The smallest absolute Gasteiger partial charge is 0.222 e. The quantitative estimate of drug-likeness (QED) is 0.855. The number of carbonyl (C=O) groups excluding carboxylic acids is 1. The van der Waals surface area contributed by atoms with Crippen LogP contribution in [0.15, 0.2) is 12.3 Å². The van der Waals surface area contributed by atoms with Gasteiger partial charge in [0.1, 0.15) is 0 Å². The maximum Gasteiger partial charge on any atom is 0.222 e. The summed E-state index contributed by atoms with van der Waals surface area (Å²) in [5.74, 6) is 0.0152. The molecule has 0 saturated carbocycles. The van der Waals surface area contributed by atoms with Crippen molar-refractivity contribution in [3.8, 4) is 0 Å². The van der Waals surface area contributed by atoms with Gasteiger partial charge < -0.3 is 14.9 Å². The fourth-order valence-corrected chi connectivity index (χ4v) is 2.36. The lowest BCUT2D eigenvalue weighted by atomic mass is 10.1. The number of rotatable bonds is 3. The van der Waals surface area contributed by atoms with E-state index in [1.54, 1.807) is 6.20 Å². The molecule has 0 atom stereocenters. The molecule has 20 heavy (non-hydrogen) atoms. The minimum absolute atomic E-state index is 0.0152. The number of nitrogens with zero attached hydrogens (tertiary/aromatic N) is 2. The maximum atomic E-state index is 11.9. The summed E-state index contributed by atoms with van der Waals surface area (Å²) in [4.78, 5) is 19.4. The van der Waals surface area contributed by atoms with Crippen LogP contribution in [-0.2, 0) is 11.3 Å². The molecule has 0 saturated heterocycles. The van der Waals surface area contributed by atoms with Gasteiger partial charge >= 0.3 is 0 Å². The topological polar surface area (TPSA) is 62.7 Å². The van der Waals surface area contributed by atoms with Gasteiger partial charge in [-0.3, -0.25) is 4.79 Å². The van der Waals surface area contributed by atoms with E-state index in [0.717, 1.165) is 16.7 Å². The molecule has 2 heterocycles. The number of H-pyrrole nitrogens is 1. The minimum atomic E-state index is -0.215. The van der Waals surface area contributed by atoms with E-state index in [4.69, 9.17) is 12.2 Å². The number of carbonyl (C=O) groups is 1. The lowest BCUT2D eigenvalue weighted by Crippen LogP contribution is -2.40. The highest BCUT2D eigenvalue weighted by molar-refractivity contribution is 7.71. The van der Waals surface area contributed by atoms with Gasteiger partial charge in [-0.1, -0.05) is 0 Å². The molecule has 0 aromatic carbocycles. The zero-order valence-electron chi connectivity index (χ0n) is 12.3. The number of nitrogens with one attached hydrogen (secondary N) is 2. The van der Waals surface area contributed by atoms with Gasteiger partial charge in [0, 0.05) is 24.7 Å². The van der Waals surface area contributed by atoms with Crippen molar-refractivity contribution in [2.75, 3.05) is 0 Å². The molecule has 0 spiro atoms. The van der Waals surface area contributed by atoms with Crippen LogP contribution in [0.25, 0.3) is 11.2 Å². The van der Waals surface area contributed by atoms with E-state index in [2.05, 4.69) is 15.3 Å². The molecule has 0 aliphatic carbocycles. The van der Waals surface area contributed by atoms with Gasteiger partial charge in [0.05, 0.1) is 5.52 Å². The highest BCUT2D eigenvalue weighted by Crippen LogP contribution is 2.15. The Balaban J connectivity index is 2.19. The molecule has 0 aliphatic rings. The van der Waals surface area contributed by atoms with E-state index in [1.165, 1.54) is 0 Å². The molecule has 0 fully saturated rings. The molecule has 5 nitrogen and oxygen atoms in total. The van der Waals surface area contributed by atoms with Crippen LogP contribution in [0.2, 0.25) is 0 Å². The molecular formula is C14H20N4OS. The summed E-state index contributed by atoms with van der Waals surface area (Å²) < 4.78 is 2.48. The first kappa shape index (κ1) is 14.7. The second-order valence-corrected chi connectivity index (χ2v) is 6.34. The Labute approximate surface area is 123 Å². The van der Waals surface area contributed by atoms with Crippen molar-refractivity contribution in [3.05, 3.63) is 22.6 Å². The number of imidazole rings is 1. The first-order valence-electron chi connectivity index (χ1n) is 6.63. The lowest BCUT2D eigenvalue weighted by molar-refractivity contribution is -0.122. The minimum Gasteiger partial charge on any atom is -0.351 e. The Kier molecular flexibility index (Phi) is 3.94. The third kappa shape index (κ3) is 3.25. The number of aromatic nitrogens is 3. The molecule has 0 unspecified atom stereocenters. The third-order valence-corrected chi connectivity index (χ3v) is 3.27. The molecule has 108 valence electrons. The fourth-order valence-electron chi connectivity index (χ4n) is 2.08. The van der Waals surface area contributed by atoms with Crippen LogP contribution in [0.5, 0.6) is 0 Å². The van der Waals surface area contributed by atoms with Crippen molar-refractivity contribution >= 4 is 29.3 Å². The molecule has 2 aromatic rings. The Bertz CT molecular complexity index is 693. The zero-order chi connectivity index (χ0) is 14.9. The molecule has 0 bridgehead atoms. The number of aromatic amines is 1. The van der Waals surface area contributed by atoms with Gasteiger partial charge in [0.15, 0.2) is 10.4 Å². The van der Waals surface area contributed by atoms with E-state index >= 15 is 0 Å². The second kappa shape index (κ2) is 5.36. The second-order valence-electron chi connectivity index (χ2n) is 5.96. The largest absolute Gasteiger partial charge is 0.351 e. The van der Waals surface area contributed by atoms with Gasteiger partial charge in [-0.05, 0) is 51.5 Å². The number of hydrogen-bond donors (Lipinski definition) is 2. The van der Waals surface area contributed by atoms with E-state index < -0.39 is 0 Å². The third-order valence-electron chi connectivity index (χ3n) is 2.95. The van der Waals surface area contributed by atoms with Crippen molar-refractivity contribution in [2.24, 2.45) is 0 Å². The molecule has 2 N–H and O–H groups in total. The van der Waals surface area contributed by atoms with E-state index in [9.17, 15) is 4.79 Å². The molecule has 1 amide bonds. The SMILES string of the molecule is Cc1ccnc2c1[nH]c(=S)n2CCC(=O)NC(C)(C)C. The van der Waals surface area contributed by atoms with Gasteiger partial charge in [-0.15, -0.1) is 0 Å². The number of aryl methyl sites for hydroxylation is 2. The first-order valence-corrected chi connectivity index (χ1v) is 7.04. The van der Waals surface area contributed by atoms with E-state index in [-0.39, 0.29) is 11.4 Å². The summed E-state index contributed by atoms with van der Waals surface area (Å²) in [6.07, 6.45) is 2.14. The Morgan fingerprint density at radius 2 is 2.20 bits per heavy atom. The lowest BCUT2D eigenvalue weighted by Gasteiger charge is -2.20. The predicted molar refractivity (Wildman–Crippen MR) is 82.2 cm³/mol. The van der Waals surface area contributed by atoms with Crippen molar-refractivity contribution in [2.45, 2.75) is 46.2 Å². The normalized spacial score (nSPS) is 11.8. The summed E-state index contributed by atoms with van der Waals surface area (Å²) in [6.45, 7) is 8.43. The van der Waals surface area contributed by atoms with Gasteiger partial charge in [-0.25, -0.2) is 4.98 Å². The highest BCUT2D eigenvalue weighted by atomic mass is 32.1. The number of amides is 1. The highest BCUT2D eigenvalue weighted by Gasteiger charge is 2.14. The summed E-state index contributed by atoms with van der Waals surface area (Å²) in [5, 5.41) is 2.94. The number of hydrogen-bond acceptors (Lipinski definition) is 3. The van der Waals surface area contributed by atoms with Crippen LogP contribution in [-0.4, -0.2) is 26.0 Å². The predicted octanol–water partition coefficient (Wildman–Crippen LogP) is 2.71. The van der Waals surface area contributed by atoms with Crippen molar-refractivity contribution in [1.82, 2.24) is 19.9 Å². The van der Waals surface area contributed by atoms with Crippen LogP contribution in [0.1, 0.15) is 32.8 Å². The van der Waals surface area contributed by atoms with Crippen LogP contribution in [0.4, 0.5) is 0 Å². The summed E-state index contributed by atoms with van der Waals surface area (Å²) in [7, 11) is 0. The molecule has 2 aromatic heterocycles. The van der Waals surface area contributed by atoms with Crippen LogP contribution < -0.4 is 5.32 Å². The Hall–Kier alpha value is -1.69. The molecule has 2 rings (SSSR count). The molecule has 6 heteroatoms. The molecular weight excluding hydrogens is 272 g/mol. The Morgan fingerprint density at radius 1 is 1.50 bits per heavy atom. The maximum absolute atomic E-state index is 11.9. The van der Waals surface area contributed by atoms with Gasteiger partial charge in [0.25, 0.3) is 0 Å². The first-order chi connectivity index (χ1) is 9.28. The molecule has 0 aliphatic heterocycles.